The minimum absolute atomic E-state index is 0.0513. The number of hydrogen-bond acceptors (Lipinski definition) is 4. The Kier molecular flexibility index (Phi) is 4.27. The van der Waals surface area contributed by atoms with Crippen LogP contribution in [-0.2, 0) is 0 Å². The summed E-state index contributed by atoms with van der Waals surface area (Å²) in [5.74, 6) is 1.14. The van der Waals surface area contributed by atoms with E-state index in [1.54, 1.807) is 6.92 Å². The SMILES string of the molecule is C#CCN(CC)c1c(C(=O)O)cccc1[N+](=O)[O-]. The molecule has 0 unspecified atom stereocenters. The third kappa shape index (κ3) is 2.58. The van der Waals surface area contributed by atoms with E-state index in [1.807, 2.05) is 0 Å². The third-order valence-electron chi connectivity index (χ3n) is 2.42. The van der Waals surface area contributed by atoms with Crippen molar-refractivity contribution in [2.75, 3.05) is 18.0 Å². The molecule has 0 bridgehead atoms. The van der Waals surface area contributed by atoms with Crippen molar-refractivity contribution in [1.29, 1.82) is 0 Å². The number of benzene rings is 1. The van der Waals surface area contributed by atoms with Crippen LogP contribution in [0.4, 0.5) is 11.4 Å². The average molecular weight is 248 g/mol. The van der Waals surface area contributed by atoms with Gasteiger partial charge in [-0.15, -0.1) is 6.42 Å². The summed E-state index contributed by atoms with van der Waals surface area (Å²) < 4.78 is 0. The lowest BCUT2D eigenvalue weighted by Crippen LogP contribution is -2.26. The molecule has 0 saturated heterocycles. The number of anilines is 1. The number of aromatic carboxylic acids is 1. The van der Waals surface area contributed by atoms with Crippen molar-refractivity contribution in [3.8, 4) is 12.3 Å². The van der Waals surface area contributed by atoms with Gasteiger partial charge in [0.1, 0.15) is 5.69 Å². The lowest BCUT2D eigenvalue weighted by atomic mass is 10.1. The molecule has 6 nitrogen and oxygen atoms in total. The van der Waals surface area contributed by atoms with Crippen LogP contribution in [0.2, 0.25) is 0 Å². The predicted molar refractivity (Wildman–Crippen MR) is 66.8 cm³/mol. The first-order valence-electron chi connectivity index (χ1n) is 5.22. The number of para-hydroxylation sites is 1. The topological polar surface area (TPSA) is 83.7 Å². The van der Waals surface area contributed by atoms with Gasteiger partial charge in [-0.2, -0.15) is 0 Å². The molecule has 0 aliphatic heterocycles. The molecular formula is C12H12N2O4. The smallest absolute Gasteiger partial charge is 0.338 e. The molecule has 1 rings (SSSR count). The van der Waals surface area contributed by atoms with E-state index in [0.29, 0.717) is 6.54 Å². The van der Waals surface area contributed by atoms with Crippen LogP contribution in [0.3, 0.4) is 0 Å². The largest absolute Gasteiger partial charge is 0.478 e. The highest BCUT2D eigenvalue weighted by Crippen LogP contribution is 2.31. The van der Waals surface area contributed by atoms with E-state index in [9.17, 15) is 14.9 Å². The molecule has 1 aromatic rings. The molecule has 0 radical (unpaired) electrons. The zero-order valence-corrected chi connectivity index (χ0v) is 9.79. The predicted octanol–water partition coefficient (Wildman–Crippen LogP) is 1.75. The lowest BCUT2D eigenvalue weighted by molar-refractivity contribution is -0.384. The molecule has 0 fully saturated rings. The van der Waals surface area contributed by atoms with Crippen LogP contribution in [0.1, 0.15) is 17.3 Å². The van der Waals surface area contributed by atoms with Crippen LogP contribution in [0.25, 0.3) is 0 Å². The molecule has 0 amide bonds. The molecule has 0 aliphatic carbocycles. The first-order chi connectivity index (χ1) is 8.52. The summed E-state index contributed by atoms with van der Waals surface area (Å²) >= 11 is 0. The van der Waals surface area contributed by atoms with Gasteiger partial charge < -0.3 is 10.0 Å². The van der Waals surface area contributed by atoms with Crippen LogP contribution in [0.5, 0.6) is 0 Å². The quantitative estimate of drug-likeness (QED) is 0.487. The third-order valence-corrected chi connectivity index (χ3v) is 2.42. The van der Waals surface area contributed by atoms with Crippen molar-refractivity contribution in [3.05, 3.63) is 33.9 Å². The fourth-order valence-electron chi connectivity index (χ4n) is 1.64. The van der Waals surface area contributed by atoms with Gasteiger partial charge >= 0.3 is 5.97 Å². The van der Waals surface area contributed by atoms with E-state index in [-0.39, 0.29) is 23.5 Å². The normalized spacial score (nSPS) is 9.56. The zero-order chi connectivity index (χ0) is 13.7. The lowest BCUT2D eigenvalue weighted by Gasteiger charge is -2.21. The Bertz CT molecular complexity index is 487. The molecule has 1 aromatic carbocycles. The Labute approximate surface area is 104 Å². The molecule has 0 saturated carbocycles. The fourth-order valence-corrected chi connectivity index (χ4v) is 1.64. The Morgan fingerprint density at radius 2 is 2.28 bits per heavy atom. The summed E-state index contributed by atoms with van der Waals surface area (Å²) in [6, 6.07) is 3.93. The van der Waals surface area contributed by atoms with E-state index >= 15 is 0 Å². The summed E-state index contributed by atoms with van der Waals surface area (Å²) in [5, 5.41) is 20.0. The van der Waals surface area contributed by atoms with Crippen LogP contribution >= 0.6 is 0 Å². The number of terminal acetylenes is 1. The van der Waals surface area contributed by atoms with Gasteiger partial charge in [0.15, 0.2) is 0 Å². The highest BCUT2D eigenvalue weighted by atomic mass is 16.6. The van der Waals surface area contributed by atoms with E-state index in [2.05, 4.69) is 5.92 Å². The molecule has 0 atom stereocenters. The van der Waals surface area contributed by atoms with Crippen molar-refractivity contribution in [1.82, 2.24) is 0 Å². The van der Waals surface area contributed by atoms with Crippen molar-refractivity contribution < 1.29 is 14.8 Å². The van der Waals surface area contributed by atoms with Crippen LogP contribution in [-0.4, -0.2) is 29.1 Å². The molecular weight excluding hydrogens is 236 g/mol. The summed E-state index contributed by atoms with van der Waals surface area (Å²) in [6.45, 7) is 2.25. The second-order valence-corrected chi connectivity index (χ2v) is 3.45. The van der Waals surface area contributed by atoms with Crippen molar-refractivity contribution in [2.24, 2.45) is 0 Å². The average Bonchev–Trinajstić information content (AvgIpc) is 2.34. The van der Waals surface area contributed by atoms with Gasteiger partial charge in [-0.05, 0) is 13.0 Å². The van der Waals surface area contributed by atoms with Gasteiger partial charge in [0.2, 0.25) is 0 Å². The number of carboxylic acids is 1. The number of hydrogen-bond donors (Lipinski definition) is 1. The molecule has 1 N–H and O–H groups in total. The summed E-state index contributed by atoms with van der Waals surface area (Å²) in [5.41, 5.74) is -0.330. The van der Waals surface area contributed by atoms with E-state index < -0.39 is 10.9 Å². The number of nitrogens with zero attached hydrogens (tertiary/aromatic N) is 2. The van der Waals surface area contributed by atoms with Gasteiger partial charge in [-0.25, -0.2) is 4.79 Å². The highest BCUT2D eigenvalue weighted by molar-refractivity contribution is 5.97. The van der Waals surface area contributed by atoms with Crippen LogP contribution in [0.15, 0.2) is 18.2 Å². The summed E-state index contributed by atoms with van der Waals surface area (Å²) in [4.78, 5) is 23.0. The molecule has 0 heterocycles. The van der Waals surface area contributed by atoms with Gasteiger partial charge in [0, 0.05) is 12.6 Å². The maximum absolute atomic E-state index is 11.1. The van der Waals surface area contributed by atoms with E-state index in [4.69, 9.17) is 11.5 Å². The first kappa shape index (κ1) is 13.5. The molecule has 6 heteroatoms. The highest BCUT2D eigenvalue weighted by Gasteiger charge is 2.24. The number of carbonyl (C=O) groups is 1. The second kappa shape index (κ2) is 5.68. The Morgan fingerprint density at radius 3 is 2.72 bits per heavy atom. The van der Waals surface area contributed by atoms with Gasteiger partial charge in [-0.3, -0.25) is 10.1 Å². The number of carboxylic acid groups (broad SMARTS) is 1. The number of rotatable bonds is 5. The molecule has 18 heavy (non-hydrogen) atoms. The van der Waals surface area contributed by atoms with Gasteiger partial charge in [-0.1, -0.05) is 12.0 Å². The Balaban J connectivity index is 3.48. The molecule has 0 aliphatic rings. The summed E-state index contributed by atoms with van der Waals surface area (Å²) in [7, 11) is 0. The maximum Gasteiger partial charge on any atom is 0.338 e. The summed E-state index contributed by atoms with van der Waals surface area (Å²) in [6.07, 6.45) is 5.19. The maximum atomic E-state index is 11.1. The van der Waals surface area contributed by atoms with Crippen LogP contribution in [0, 0.1) is 22.5 Å². The van der Waals surface area contributed by atoms with Crippen molar-refractivity contribution in [3.63, 3.8) is 0 Å². The monoisotopic (exact) mass is 248 g/mol. The van der Waals surface area contributed by atoms with Gasteiger partial charge in [0.05, 0.1) is 17.0 Å². The van der Waals surface area contributed by atoms with Crippen molar-refractivity contribution in [2.45, 2.75) is 6.92 Å². The van der Waals surface area contributed by atoms with Crippen LogP contribution < -0.4 is 4.90 Å². The second-order valence-electron chi connectivity index (χ2n) is 3.45. The van der Waals surface area contributed by atoms with E-state index in [0.717, 1.165) is 0 Å². The fraction of sp³-hybridized carbons (Fsp3) is 0.250. The molecule has 94 valence electrons. The van der Waals surface area contributed by atoms with Crippen molar-refractivity contribution >= 4 is 17.3 Å². The Hall–Kier alpha value is -2.55. The molecule has 0 spiro atoms. The molecule has 0 aromatic heterocycles. The van der Waals surface area contributed by atoms with E-state index in [1.165, 1.54) is 23.1 Å². The first-order valence-corrected chi connectivity index (χ1v) is 5.22. The Morgan fingerprint density at radius 1 is 1.61 bits per heavy atom. The number of nitro benzene ring substituents is 1. The standard InChI is InChI=1S/C12H12N2O4/c1-3-8-13(4-2)11-9(12(15)16)6-5-7-10(11)14(17)18/h1,5-7H,4,8H2,2H3,(H,15,16). The van der Waals surface area contributed by atoms with Gasteiger partial charge in [0.25, 0.3) is 5.69 Å². The zero-order valence-electron chi connectivity index (χ0n) is 9.79. The number of nitro groups is 1. The minimum atomic E-state index is -1.22. The minimum Gasteiger partial charge on any atom is -0.478 e.